The van der Waals surface area contributed by atoms with Crippen LogP contribution >= 0.6 is 0 Å². The zero-order chi connectivity index (χ0) is 12.8. The van der Waals surface area contributed by atoms with Gasteiger partial charge in [-0.1, -0.05) is 18.2 Å². The van der Waals surface area contributed by atoms with Gasteiger partial charge < -0.3 is 15.0 Å². The van der Waals surface area contributed by atoms with Crippen LogP contribution in [0.15, 0.2) is 30.5 Å². The molecule has 0 spiro atoms. The summed E-state index contributed by atoms with van der Waals surface area (Å²) in [5, 5.41) is 13.5. The second-order valence-electron chi connectivity index (χ2n) is 4.71. The molecular formula is C15H22N2O. The Kier molecular flexibility index (Phi) is 4.79. The van der Waals surface area contributed by atoms with Gasteiger partial charge in [-0.25, -0.2) is 0 Å². The van der Waals surface area contributed by atoms with Gasteiger partial charge in [0.25, 0.3) is 0 Å². The summed E-state index contributed by atoms with van der Waals surface area (Å²) in [6, 6.07) is 8.53. The van der Waals surface area contributed by atoms with Gasteiger partial charge >= 0.3 is 0 Å². The average molecular weight is 246 g/mol. The van der Waals surface area contributed by atoms with Crippen molar-refractivity contribution in [3.8, 4) is 0 Å². The van der Waals surface area contributed by atoms with Crippen molar-refractivity contribution in [2.75, 3.05) is 19.7 Å². The van der Waals surface area contributed by atoms with Crippen LogP contribution in [0.25, 0.3) is 10.9 Å². The Morgan fingerprint density at radius 2 is 2.00 bits per heavy atom. The first kappa shape index (κ1) is 13.1. The lowest BCUT2D eigenvalue weighted by Gasteiger charge is -2.03. The monoisotopic (exact) mass is 246 g/mol. The number of rotatable bonds is 7. The SMILES string of the molecule is Cn1cc(CCNCCCCO)c2ccccc21. The number of aliphatic hydroxyl groups is 1. The summed E-state index contributed by atoms with van der Waals surface area (Å²) in [4.78, 5) is 0. The molecule has 0 amide bonds. The Morgan fingerprint density at radius 3 is 2.83 bits per heavy atom. The number of fused-ring (bicyclic) bond motifs is 1. The van der Waals surface area contributed by atoms with Gasteiger partial charge in [-0.15, -0.1) is 0 Å². The summed E-state index contributed by atoms with van der Waals surface area (Å²) in [6.07, 6.45) is 5.22. The highest BCUT2D eigenvalue weighted by molar-refractivity contribution is 5.83. The molecule has 0 saturated heterocycles. The van der Waals surface area contributed by atoms with Crippen LogP contribution in [0.5, 0.6) is 0 Å². The molecule has 0 bridgehead atoms. The lowest BCUT2D eigenvalue weighted by atomic mass is 10.1. The first-order valence-electron chi connectivity index (χ1n) is 6.67. The molecule has 0 unspecified atom stereocenters. The molecule has 2 rings (SSSR count). The minimum atomic E-state index is 0.297. The van der Waals surface area contributed by atoms with Crippen molar-refractivity contribution in [3.05, 3.63) is 36.0 Å². The number of hydrogen-bond acceptors (Lipinski definition) is 2. The molecule has 98 valence electrons. The normalized spacial score (nSPS) is 11.2. The predicted octanol–water partition coefficient (Wildman–Crippen LogP) is 2.08. The molecule has 0 aliphatic rings. The summed E-state index contributed by atoms with van der Waals surface area (Å²) < 4.78 is 2.19. The number of nitrogens with zero attached hydrogens (tertiary/aromatic N) is 1. The standard InChI is InChI=1S/C15H22N2O/c1-17-12-13(8-10-16-9-4-5-11-18)14-6-2-3-7-15(14)17/h2-3,6-7,12,16,18H,4-5,8-11H2,1H3. The highest BCUT2D eigenvalue weighted by Crippen LogP contribution is 2.20. The molecule has 3 nitrogen and oxygen atoms in total. The highest BCUT2D eigenvalue weighted by atomic mass is 16.2. The van der Waals surface area contributed by atoms with Crippen LogP contribution in [0, 0.1) is 0 Å². The van der Waals surface area contributed by atoms with Crippen LogP contribution in [0.1, 0.15) is 18.4 Å². The Bertz CT molecular complexity index is 490. The molecule has 0 aliphatic carbocycles. The summed E-state index contributed by atoms with van der Waals surface area (Å²) in [7, 11) is 2.10. The Morgan fingerprint density at radius 1 is 1.17 bits per heavy atom. The lowest BCUT2D eigenvalue weighted by molar-refractivity contribution is 0.284. The van der Waals surface area contributed by atoms with Crippen molar-refractivity contribution in [1.29, 1.82) is 0 Å². The molecule has 3 heteroatoms. The summed E-state index contributed by atoms with van der Waals surface area (Å²) in [5.41, 5.74) is 2.70. The number of aromatic nitrogens is 1. The number of benzene rings is 1. The van der Waals surface area contributed by atoms with Crippen LogP contribution in [0.3, 0.4) is 0 Å². The maximum Gasteiger partial charge on any atom is 0.0480 e. The van der Waals surface area contributed by atoms with E-state index in [1.807, 2.05) is 0 Å². The van der Waals surface area contributed by atoms with E-state index in [0.717, 1.165) is 32.4 Å². The maximum atomic E-state index is 8.69. The first-order valence-corrected chi connectivity index (χ1v) is 6.67. The Labute approximate surface area is 108 Å². The van der Waals surface area contributed by atoms with Crippen LogP contribution < -0.4 is 5.32 Å². The molecule has 0 atom stereocenters. The van der Waals surface area contributed by atoms with Crippen LogP contribution in [0.4, 0.5) is 0 Å². The topological polar surface area (TPSA) is 37.2 Å². The fourth-order valence-corrected chi connectivity index (χ4v) is 2.33. The quantitative estimate of drug-likeness (QED) is 0.734. The second-order valence-corrected chi connectivity index (χ2v) is 4.71. The molecule has 2 aromatic rings. The highest BCUT2D eigenvalue weighted by Gasteiger charge is 2.04. The van der Waals surface area contributed by atoms with Gasteiger partial charge in [-0.2, -0.15) is 0 Å². The third-order valence-electron chi connectivity index (χ3n) is 3.31. The van der Waals surface area contributed by atoms with Gasteiger partial charge in [-0.3, -0.25) is 0 Å². The van der Waals surface area contributed by atoms with Crippen LogP contribution in [0.2, 0.25) is 0 Å². The number of aryl methyl sites for hydroxylation is 1. The largest absolute Gasteiger partial charge is 0.396 e. The van der Waals surface area contributed by atoms with Crippen LogP contribution in [-0.2, 0) is 13.5 Å². The van der Waals surface area contributed by atoms with E-state index < -0.39 is 0 Å². The molecule has 18 heavy (non-hydrogen) atoms. The van der Waals surface area contributed by atoms with Gasteiger partial charge in [0.15, 0.2) is 0 Å². The fourth-order valence-electron chi connectivity index (χ4n) is 2.33. The number of unbranched alkanes of at least 4 members (excludes halogenated alkanes) is 1. The molecule has 0 radical (unpaired) electrons. The minimum Gasteiger partial charge on any atom is -0.396 e. The maximum absolute atomic E-state index is 8.69. The molecule has 0 fully saturated rings. The number of para-hydroxylation sites is 1. The number of aliphatic hydroxyl groups excluding tert-OH is 1. The lowest BCUT2D eigenvalue weighted by Crippen LogP contribution is -2.18. The van der Waals surface area contributed by atoms with E-state index in [-0.39, 0.29) is 0 Å². The number of nitrogens with one attached hydrogen (secondary N) is 1. The Hall–Kier alpha value is -1.32. The zero-order valence-corrected chi connectivity index (χ0v) is 11.0. The van der Waals surface area contributed by atoms with Gasteiger partial charge in [-0.05, 0) is 44.0 Å². The molecule has 1 aromatic carbocycles. The molecule has 1 heterocycles. The summed E-state index contributed by atoms with van der Waals surface area (Å²) >= 11 is 0. The first-order chi connectivity index (χ1) is 8.83. The smallest absolute Gasteiger partial charge is 0.0480 e. The van der Waals surface area contributed by atoms with Crippen molar-refractivity contribution in [3.63, 3.8) is 0 Å². The summed E-state index contributed by atoms with van der Waals surface area (Å²) in [6.45, 7) is 2.29. The van der Waals surface area contributed by atoms with E-state index >= 15 is 0 Å². The summed E-state index contributed by atoms with van der Waals surface area (Å²) in [5.74, 6) is 0. The average Bonchev–Trinajstić information content (AvgIpc) is 2.71. The van der Waals surface area contributed by atoms with Gasteiger partial charge in [0.1, 0.15) is 0 Å². The third kappa shape index (κ3) is 3.12. The molecular weight excluding hydrogens is 224 g/mol. The van der Waals surface area contributed by atoms with Crippen molar-refractivity contribution in [2.45, 2.75) is 19.3 Å². The van der Waals surface area contributed by atoms with E-state index in [0.29, 0.717) is 6.61 Å². The molecule has 0 saturated carbocycles. The third-order valence-corrected chi connectivity index (χ3v) is 3.31. The minimum absolute atomic E-state index is 0.297. The van der Waals surface area contributed by atoms with Crippen molar-refractivity contribution >= 4 is 10.9 Å². The molecule has 0 aliphatic heterocycles. The van der Waals surface area contributed by atoms with E-state index in [1.165, 1.54) is 16.5 Å². The Balaban J connectivity index is 1.88. The van der Waals surface area contributed by atoms with E-state index in [2.05, 4.69) is 47.4 Å². The zero-order valence-electron chi connectivity index (χ0n) is 11.0. The number of hydrogen-bond donors (Lipinski definition) is 2. The second kappa shape index (κ2) is 6.57. The van der Waals surface area contributed by atoms with E-state index in [1.54, 1.807) is 0 Å². The predicted molar refractivity (Wildman–Crippen MR) is 75.8 cm³/mol. The van der Waals surface area contributed by atoms with Crippen molar-refractivity contribution in [1.82, 2.24) is 9.88 Å². The molecule has 2 N–H and O–H groups in total. The van der Waals surface area contributed by atoms with Crippen molar-refractivity contribution in [2.24, 2.45) is 7.05 Å². The van der Waals surface area contributed by atoms with Gasteiger partial charge in [0, 0.05) is 30.8 Å². The fraction of sp³-hybridized carbons (Fsp3) is 0.467. The van der Waals surface area contributed by atoms with Crippen molar-refractivity contribution < 1.29 is 5.11 Å². The van der Waals surface area contributed by atoms with Gasteiger partial charge in [0.2, 0.25) is 0 Å². The van der Waals surface area contributed by atoms with Crippen LogP contribution in [-0.4, -0.2) is 29.4 Å². The van der Waals surface area contributed by atoms with E-state index in [4.69, 9.17) is 5.11 Å². The van der Waals surface area contributed by atoms with E-state index in [9.17, 15) is 0 Å². The molecule has 1 aromatic heterocycles. The van der Waals surface area contributed by atoms with Gasteiger partial charge in [0.05, 0.1) is 0 Å².